The van der Waals surface area contributed by atoms with E-state index in [0.717, 1.165) is 10.0 Å². The van der Waals surface area contributed by atoms with Gasteiger partial charge in [0.05, 0.1) is 25.2 Å². The van der Waals surface area contributed by atoms with Crippen molar-refractivity contribution < 1.29 is 9.47 Å². The number of rotatable bonds is 2. The lowest BCUT2D eigenvalue weighted by Crippen LogP contribution is -2.31. The molecule has 2 heterocycles. The van der Waals surface area contributed by atoms with E-state index in [1.165, 1.54) is 10.1 Å². The summed E-state index contributed by atoms with van der Waals surface area (Å²) in [5.74, 6) is 0. The quantitative estimate of drug-likeness (QED) is 0.752. The minimum absolute atomic E-state index is 0.0581. The van der Waals surface area contributed by atoms with Crippen molar-refractivity contribution >= 4 is 49.0 Å². The zero-order valence-corrected chi connectivity index (χ0v) is 12.7. The first kappa shape index (κ1) is 12.9. The van der Waals surface area contributed by atoms with Crippen LogP contribution in [0.1, 0.15) is 10.9 Å². The van der Waals surface area contributed by atoms with Gasteiger partial charge in [0.1, 0.15) is 6.10 Å². The van der Waals surface area contributed by atoms with E-state index in [1.54, 1.807) is 11.3 Å². The molecule has 2 aromatic rings. The lowest BCUT2D eigenvalue weighted by Gasteiger charge is -2.26. The standard InChI is InChI=1S/C13H12BrClO2S/c14-10-3-1-2-8-9(7-18-13(8)10)12(15)11-6-16-4-5-17-11/h1-3,7,11-12H,4-6H2. The van der Waals surface area contributed by atoms with Crippen LogP contribution in [-0.4, -0.2) is 25.9 Å². The molecule has 0 aliphatic carbocycles. The predicted molar refractivity (Wildman–Crippen MR) is 78.7 cm³/mol. The van der Waals surface area contributed by atoms with Crippen molar-refractivity contribution in [2.24, 2.45) is 0 Å². The number of alkyl halides is 1. The van der Waals surface area contributed by atoms with Crippen molar-refractivity contribution in [3.8, 4) is 0 Å². The maximum atomic E-state index is 6.54. The fourth-order valence-electron chi connectivity index (χ4n) is 2.13. The Hall–Kier alpha value is -0.130. The van der Waals surface area contributed by atoms with Crippen LogP contribution in [0.5, 0.6) is 0 Å². The molecule has 0 spiro atoms. The van der Waals surface area contributed by atoms with Crippen molar-refractivity contribution in [1.29, 1.82) is 0 Å². The number of fused-ring (bicyclic) bond motifs is 1. The van der Waals surface area contributed by atoms with Crippen LogP contribution < -0.4 is 0 Å². The molecular formula is C13H12BrClO2S. The average Bonchev–Trinajstić information content (AvgIpc) is 2.84. The highest BCUT2D eigenvalue weighted by Gasteiger charge is 2.27. The summed E-state index contributed by atoms with van der Waals surface area (Å²) in [5.41, 5.74) is 1.13. The summed E-state index contributed by atoms with van der Waals surface area (Å²) in [7, 11) is 0. The topological polar surface area (TPSA) is 18.5 Å². The van der Waals surface area contributed by atoms with Gasteiger partial charge in [0.2, 0.25) is 0 Å². The zero-order valence-electron chi connectivity index (χ0n) is 9.57. The minimum atomic E-state index is -0.159. The first-order valence-electron chi connectivity index (χ1n) is 5.76. The third-order valence-corrected chi connectivity index (χ3v) is 5.53. The normalized spacial score (nSPS) is 22.2. The number of hydrogen-bond acceptors (Lipinski definition) is 3. The second kappa shape index (κ2) is 5.47. The van der Waals surface area contributed by atoms with Gasteiger partial charge in [-0.05, 0) is 38.3 Å². The Labute approximate surface area is 123 Å². The highest BCUT2D eigenvalue weighted by atomic mass is 79.9. The van der Waals surface area contributed by atoms with Crippen molar-refractivity contribution in [2.75, 3.05) is 19.8 Å². The Morgan fingerprint density at radius 2 is 2.28 bits per heavy atom. The molecule has 2 nitrogen and oxygen atoms in total. The van der Waals surface area contributed by atoms with Gasteiger partial charge in [-0.25, -0.2) is 0 Å². The molecule has 1 fully saturated rings. The molecule has 1 aromatic heterocycles. The molecule has 2 unspecified atom stereocenters. The monoisotopic (exact) mass is 346 g/mol. The number of halogens is 2. The first-order valence-corrected chi connectivity index (χ1v) is 7.87. The zero-order chi connectivity index (χ0) is 12.5. The summed E-state index contributed by atoms with van der Waals surface area (Å²) in [6.45, 7) is 1.86. The van der Waals surface area contributed by atoms with E-state index < -0.39 is 0 Å². The van der Waals surface area contributed by atoms with E-state index in [2.05, 4.69) is 27.4 Å². The number of thiophene rings is 1. The molecule has 5 heteroatoms. The van der Waals surface area contributed by atoms with Crippen LogP contribution in [0, 0.1) is 0 Å². The Kier molecular flexibility index (Phi) is 3.91. The molecule has 1 aliphatic rings. The summed E-state index contributed by atoms with van der Waals surface area (Å²) in [6, 6.07) is 6.18. The van der Waals surface area contributed by atoms with Crippen LogP contribution in [0.2, 0.25) is 0 Å². The maximum absolute atomic E-state index is 6.54. The van der Waals surface area contributed by atoms with Gasteiger partial charge in [0.25, 0.3) is 0 Å². The second-order valence-electron chi connectivity index (χ2n) is 4.19. The van der Waals surface area contributed by atoms with E-state index >= 15 is 0 Å². The van der Waals surface area contributed by atoms with Crippen LogP contribution in [0.25, 0.3) is 10.1 Å². The van der Waals surface area contributed by atoms with Crippen LogP contribution in [0.3, 0.4) is 0 Å². The van der Waals surface area contributed by atoms with Gasteiger partial charge < -0.3 is 9.47 Å². The molecule has 0 saturated carbocycles. The van der Waals surface area contributed by atoms with Crippen molar-refractivity contribution in [1.82, 2.24) is 0 Å². The lowest BCUT2D eigenvalue weighted by atomic mass is 10.1. The largest absolute Gasteiger partial charge is 0.376 e. The predicted octanol–water partition coefficient (Wildman–Crippen LogP) is 4.36. The number of hydrogen-bond donors (Lipinski definition) is 0. The first-order chi connectivity index (χ1) is 8.77. The molecule has 0 bridgehead atoms. The van der Waals surface area contributed by atoms with E-state index in [4.69, 9.17) is 21.1 Å². The van der Waals surface area contributed by atoms with E-state index in [0.29, 0.717) is 19.8 Å². The maximum Gasteiger partial charge on any atom is 0.101 e. The van der Waals surface area contributed by atoms with Crippen LogP contribution in [0.4, 0.5) is 0 Å². The summed E-state index contributed by atoms with van der Waals surface area (Å²) < 4.78 is 13.4. The van der Waals surface area contributed by atoms with Gasteiger partial charge in [-0.3, -0.25) is 0 Å². The Morgan fingerprint density at radius 1 is 1.39 bits per heavy atom. The number of ether oxygens (including phenoxy) is 2. The Morgan fingerprint density at radius 3 is 3.06 bits per heavy atom. The molecule has 18 heavy (non-hydrogen) atoms. The molecule has 0 radical (unpaired) electrons. The van der Waals surface area contributed by atoms with Crippen LogP contribution in [-0.2, 0) is 9.47 Å². The summed E-state index contributed by atoms with van der Waals surface area (Å²) in [5, 5.41) is 3.15. The Balaban J connectivity index is 1.96. The van der Waals surface area contributed by atoms with Gasteiger partial charge in [-0.2, -0.15) is 0 Å². The number of benzene rings is 1. The average molecular weight is 348 g/mol. The molecule has 0 amide bonds. The highest BCUT2D eigenvalue weighted by molar-refractivity contribution is 9.10. The van der Waals surface area contributed by atoms with Crippen molar-refractivity contribution in [3.63, 3.8) is 0 Å². The third kappa shape index (κ3) is 2.32. The second-order valence-corrected chi connectivity index (χ2v) is 6.40. The fourth-order valence-corrected chi connectivity index (χ4v) is 4.19. The SMILES string of the molecule is ClC(c1csc2c(Br)cccc12)C1COCCO1. The van der Waals surface area contributed by atoms with Crippen molar-refractivity contribution in [2.45, 2.75) is 11.5 Å². The van der Waals surface area contributed by atoms with Gasteiger partial charge in [-0.1, -0.05) is 12.1 Å². The smallest absolute Gasteiger partial charge is 0.101 e. The molecule has 0 N–H and O–H groups in total. The van der Waals surface area contributed by atoms with Crippen LogP contribution >= 0.6 is 38.9 Å². The van der Waals surface area contributed by atoms with Gasteiger partial charge >= 0.3 is 0 Å². The van der Waals surface area contributed by atoms with E-state index in [-0.39, 0.29) is 11.5 Å². The molecule has 1 aliphatic heterocycles. The molecule has 2 atom stereocenters. The van der Waals surface area contributed by atoms with E-state index in [1.807, 2.05) is 12.1 Å². The van der Waals surface area contributed by atoms with Gasteiger partial charge in [-0.15, -0.1) is 22.9 Å². The molecule has 1 aromatic carbocycles. The molecule has 96 valence electrons. The highest BCUT2D eigenvalue weighted by Crippen LogP contribution is 2.39. The lowest BCUT2D eigenvalue weighted by molar-refractivity contribution is -0.0891. The Bertz CT molecular complexity index is 551. The fraction of sp³-hybridized carbons (Fsp3) is 0.385. The van der Waals surface area contributed by atoms with E-state index in [9.17, 15) is 0 Å². The van der Waals surface area contributed by atoms with Gasteiger partial charge in [0.15, 0.2) is 0 Å². The molecule has 1 saturated heterocycles. The minimum Gasteiger partial charge on any atom is -0.376 e. The third-order valence-electron chi connectivity index (χ3n) is 3.05. The van der Waals surface area contributed by atoms with Gasteiger partial charge in [0, 0.05) is 9.17 Å². The molecular weight excluding hydrogens is 336 g/mol. The summed E-state index contributed by atoms with van der Waals surface area (Å²) in [6.07, 6.45) is -0.0581. The summed E-state index contributed by atoms with van der Waals surface area (Å²) in [4.78, 5) is 0. The van der Waals surface area contributed by atoms with Crippen molar-refractivity contribution in [3.05, 3.63) is 33.6 Å². The molecule has 3 rings (SSSR count). The van der Waals surface area contributed by atoms with Crippen LogP contribution in [0.15, 0.2) is 28.1 Å². The summed E-state index contributed by atoms with van der Waals surface area (Å²) >= 11 is 11.8.